The lowest BCUT2D eigenvalue weighted by atomic mass is 10.00. The number of rotatable bonds is 4. The molecule has 0 aromatic heterocycles. The van der Waals surface area contributed by atoms with Crippen molar-refractivity contribution in [1.82, 2.24) is 4.90 Å². The summed E-state index contributed by atoms with van der Waals surface area (Å²) in [5.41, 5.74) is 2.00. The van der Waals surface area contributed by atoms with Gasteiger partial charge in [0.1, 0.15) is 25.0 Å². The highest BCUT2D eigenvalue weighted by Gasteiger charge is 2.33. The fourth-order valence-electron chi connectivity index (χ4n) is 3.61. The van der Waals surface area contributed by atoms with E-state index < -0.39 is 5.82 Å². The van der Waals surface area contributed by atoms with Gasteiger partial charge in [0, 0.05) is 11.6 Å². The van der Waals surface area contributed by atoms with Crippen molar-refractivity contribution in [3.8, 4) is 0 Å². The van der Waals surface area contributed by atoms with Crippen molar-refractivity contribution >= 4 is 35.1 Å². The fraction of sp³-hybridized carbons (Fsp3) is 0.286. The van der Waals surface area contributed by atoms with Gasteiger partial charge >= 0.3 is 0 Å². The Labute approximate surface area is 178 Å². The first-order valence-corrected chi connectivity index (χ1v) is 9.80. The Bertz CT molecular complexity index is 1040. The zero-order valence-electron chi connectivity index (χ0n) is 16.3. The summed E-state index contributed by atoms with van der Waals surface area (Å²) in [4.78, 5) is 11.5. The van der Waals surface area contributed by atoms with Crippen LogP contribution in [0.3, 0.4) is 0 Å². The second-order valence-electron chi connectivity index (χ2n) is 6.86. The van der Waals surface area contributed by atoms with E-state index in [1.807, 2.05) is 4.90 Å². The molecule has 30 heavy (non-hydrogen) atoms. The summed E-state index contributed by atoms with van der Waals surface area (Å²) in [5, 5.41) is 17.6. The average Bonchev–Trinajstić information content (AvgIpc) is 2.88. The van der Waals surface area contributed by atoms with Crippen LogP contribution in [0.1, 0.15) is 11.1 Å². The summed E-state index contributed by atoms with van der Waals surface area (Å²) in [7, 11) is 1.46. The van der Waals surface area contributed by atoms with Crippen LogP contribution >= 0.6 is 11.6 Å². The maximum atomic E-state index is 14.6. The summed E-state index contributed by atoms with van der Waals surface area (Å²) >= 11 is 6.20. The fourth-order valence-corrected chi connectivity index (χ4v) is 3.78. The van der Waals surface area contributed by atoms with Gasteiger partial charge in [-0.3, -0.25) is 0 Å². The van der Waals surface area contributed by atoms with Crippen LogP contribution in [0.15, 0.2) is 52.6 Å². The van der Waals surface area contributed by atoms with Crippen LogP contribution in [-0.2, 0) is 9.57 Å². The SMILES string of the molecule is CON=CN1CCOCC1C1=Nc2ccc(Cl)cc2C(c2ccccc2F)=[N+]([O-])C1. The Morgan fingerprint density at radius 2 is 2.17 bits per heavy atom. The van der Waals surface area contributed by atoms with Crippen LogP contribution in [0.25, 0.3) is 0 Å². The molecule has 2 heterocycles. The summed E-state index contributed by atoms with van der Waals surface area (Å²) in [5.74, 6) is -0.488. The van der Waals surface area contributed by atoms with Gasteiger partial charge < -0.3 is 19.7 Å². The summed E-state index contributed by atoms with van der Waals surface area (Å²) < 4.78 is 21.0. The highest BCUT2D eigenvalue weighted by atomic mass is 35.5. The van der Waals surface area contributed by atoms with Crippen LogP contribution in [0, 0.1) is 11.0 Å². The van der Waals surface area contributed by atoms with E-state index in [0.717, 1.165) is 4.74 Å². The Morgan fingerprint density at radius 1 is 1.33 bits per heavy atom. The van der Waals surface area contributed by atoms with Gasteiger partial charge in [-0.05, 0) is 30.3 Å². The van der Waals surface area contributed by atoms with Crippen molar-refractivity contribution in [3.05, 3.63) is 69.6 Å². The van der Waals surface area contributed by atoms with Crippen molar-refractivity contribution in [1.29, 1.82) is 0 Å². The molecule has 0 spiro atoms. The van der Waals surface area contributed by atoms with Gasteiger partial charge in [0.25, 0.3) is 0 Å². The third-order valence-electron chi connectivity index (χ3n) is 5.02. The molecular formula is C21H20ClFN4O3. The van der Waals surface area contributed by atoms with Gasteiger partial charge in [-0.15, -0.1) is 0 Å². The van der Waals surface area contributed by atoms with Crippen LogP contribution in [0.5, 0.6) is 0 Å². The minimum atomic E-state index is -0.488. The molecule has 0 bridgehead atoms. The minimum absolute atomic E-state index is 0.0543. The molecule has 1 unspecified atom stereocenters. The number of benzene rings is 2. The number of aliphatic imine (C=N–C) groups is 1. The normalized spacial score (nSPS) is 19.5. The van der Waals surface area contributed by atoms with Gasteiger partial charge in [-0.2, -0.15) is 4.74 Å². The Kier molecular flexibility index (Phi) is 5.96. The highest BCUT2D eigenvalue weighted by Crippen LogP contribution is 2.30. The molecule has 0 N–H and O–H groups in total. The molecule has 7 nitrogen and oxygen atoms in total. The predicted molar refractivity (Wildman–Crippen MR) is 113 cm³/mol. The molecule has 1 saturated heterocycles. The zero-order valence-corrected chi connectivity index (χ0v) is 17.1. The van der Waals surface area contributed by atoms with Crippen LogP contribution in [-0.4, -0.2) is 66.9 Å². The van der Waals surface area contributed by atoms with E-state index >= 15 is 0 Å². The predicted octanol–water partition coefficient (Wildman–Crippen LogP) is 3.20. The Morgan fingerprint density at radius 3 is 2.97 bits per heavy atom. The molecule has 1 atom stereocenters. The molecule has 0 radical (unpaired) electrons. The average molecular weight is 431 g/mol. The monoisotopic (exact) mass is 430 g/mol. The molecule has 0 aliphatic carbocycles. The highest BCUT2D eigenvalue weighted by molar-refractivity contribution is 6.31. The molecule has 4 rings (SSSR count). The maximum absolute atomic E-state index is 14.6. The van der Waals surface area contributed by atoms with Gasteiger partial charge in [-0.25, -0.2) is 9.38 Å². The number of nitrogens with zero attached hydrogens (tertiary/aromatic N) is 4. The van der Waals surface area contributed by atoms with Crippen LogP contribution in [0.2, 0.25) is 5.02 Å². The lowest BCUT2D eigenvalue weighted by molar-refractivity contribution is -0.439. The summed E-state index contributed by atoms with van der Waals surface area (Å²) in [6.45, 7) is 1.40. The summed E-state index contributed by atoms with van der Waals surface area (Å²) in [6.07, 6.45) is 1.57. The zero-order chi connectivity index (χ0) is 21.1. The molecule has 2 aliphatic heterocycles. The van der Waals surface area contributed by atoms with E-state index in [4.69, 9.17) is 26.2 Å². The molecular weight excluding hydrogens is 411 g/mol. The lowest BCUT2D eigenvalue weighted by Gasteiger charge is -2.33. The van der Waals surface area contributed by atoms with Crippen molar-refractivity contribution < 1.29 is 18.7 Å². The smallest absolute Gasteiger partial charge is 0.231 e. The van der Waals surface area contributed by atoms with Gasteiger partial charge in [0.05, 0.1) is 36.1 Å². The first-order chi connectivity index (χ1) is 14.6. The van der Waals surface area contributed by atoms with Gasteiger partial charge in [-0.1, -0.05) is 28.9 Å². The standard InChI is InChI=1S/C21H20ClFN4O3/c1-29-24-13-26-8-9-30-12-20(26)19-11-27(28)21(15-4-2-3-5-17(15)23)16-10-14(22)6-7-18(16)25-19/h2-7,10,13,20H,8-9,11-12H2,1H3. The topological polar surface area (TPSA) is 72.5 Å². The van der Waals surface area contributed by atoms with E-state index in [2.05, 4.69) is 5.16 Å². The van der Waals surface area contributed by atoms with Gasteiger partial charge in [0.2, 0.25) is 5.71 Å². The molecule has 156 valence electrons. The molecule has 2 aromatic rings. The number of fused-ring (bicyclic) bond motifs is 1. The Hall–Kier alpha value is -2.97. The molecule has 1 fully saturated rings. The van der Waals surface area contributed by atoms with Crippen molar-refractivity contribution in [2.75, 3.05) is 33.4 Å². The second kappa shape index (κ2) is 8.81. The first-order valence-electron chi connectivity index (χ1n) is 9.42. The third kappa shape index (κ3) is 4.01. The first kappa shape index (κ1) is 20.3. The second-order valence-corrected chi connectivity index (χ2v) is 7.30. The summed E-state index contributed by atoms with van der Waals surface area (Å²) in [6, 6.07) is 10.9. The number of hydrogen-bond donors (Lipinski definition) is 0. The number of ether oxygens (including phenoxy) is 1. The molecule has 2 aromatic carbocycles. The van der Waals surface area contributed by atoms with E-state index in [1.165, 1.54) is 13.2 Å². The van der Waals surface area contributed by atoms with Crippen molar-refractivity contribution in [2.24, 2.45) is 10.1 Å². The van der Waals surface area contributed by atoms with E-state index in [9.17, 15) is 9.60 Å². The van der Waals surface area contributed by atoms with Crippen molar-refractivity contribution in [3.63, 3.8) is 0 Å². The van der Waals surface area contributed by atoms with Crippen LogP contribution < -0.4 is 0 Å². The quantitative estimate of drug-likeness (QED) is 0.245. The van der Waals surface area contributed by atoms with Gasteiger partial charge in [0.15, 0.2) is 6.54 Å². The Balaban J connectivity index is 1.84. The number of halogens is 2. The molecule has 9 heteroatoms. The maximum Gasteiger partial charge on any atom is 0.231 e. The van der Waals surface area contributed by atoms with E-state index in [0.29, 0.717) is 41.7 Å². The lowest BCUT2D eigenvalue weighted by Crippen LogP contribution is -2.51. The molecule has 0 saturated carbocycles. The van der Waals surface area contributed by atoms with Crippen molar-refractivity contribution in [2.45, 2.75) is 6.04 Å². The van der Waals surface area contributed by atoms with E-state index in [1.54, 1.807) is 42.7 Å². The third-order valence-corrected chi connectivity index (χ3v) is 5.25. The minimum Gasteiger partial charge on any atom is -0.623 e. The molecule has 0 amide bonds. The number of hydrogen-bond acceptors (Lipinski definition) is 5. The molecule has 2 aliphatic rings. The number of hydroxylamine groups is 1. The van der Waals surface area contributed by atoms with Crippen LogP contribution in [0.4, 0.5) is 10.1 Å². The van der Waals surface area contributed by atoms with E-state index in [-0.39, 0.29) is 23.9 Å². The largest absolute Gasteiger partial charge is 0.623 e. The number of oxime groups is 1. The number of morpholine rings is 1.